The third-order valence-corrected chi connectivity index (χ3v) is 9.48. The summed E-state index contributed by atoms with van der Waals surface area (Å²) in [4.78, 5) is 39.0. The molecule has 0 spiro atoms. The van der Waals surface area contributed by atoms with E-state index in [9.17, 15) is 14.7 Å². The van der Waals surface area contributed by atoms with Crippen molar-refractivity contribution < 1.29 is 19.2 Å². The quantitative estimate of drug-likeness (QED) is 0.435. The van der Waals surface area contributed by atoms with E-state index in [1.165, 1.54) is 0 Å². The van der Waals surface area contributed by atoms with Crippen LogP contribution in [0.25, 0.3) is 22.5 Å². The lowest BCUT2D eigenvalue weighted by Crippen LogP contribution is -2.59. The number of H-pyrrole nitrogens is 1. The van der Waals surface area contributed by atoms with Gasteiger partial charge in [-0.2, -0.15) is 10.2 Å². The number of anilines is 1. The first-order valence-corrected chi connectivity index (χ1v) is 13.9. The van der Waals surface area contributed by atoms with Crippen molar-refractivity contribution >= 4 is 28.4 Å². The highest BCUT2D eigenvalue weighted by molar-refractivity contribution is 5.97. The van der Waals surface area contributed by atoms with Crippen LogP contribution < -0.4 is 5.32 Å². The summed E-state index contributed by atoms with van der Waals surface area (Å²) < 4.78 is 5.61. The van der Waals surface area contributed by atoms with Crippen molar-refractivity contribution in [3.63, 3.8) is 0 Å². The first-order chi connectivity index (χ1) is 18.9. The summed E-state index contributed by atoms with van der Waals surface area (Å²) in [5, 5.41) is 28.6. The average Bonchev–Trinajstić information content (AvgIpc) is 3.60. The van der Waals surface area contributed by atoms with Gasteiger partial charge in [0.25, 0.3) is 17.6 Å². The number of fused-ring (bicyclic) bond motifs is 1. The number of aliphatic hydroxyl groups is 1. The van der Waals surface area contributed by atoms with Crippen LogP contribution in [0, 0.1) is 35.0 Å². The highest BCUT2D eigenvalue weighted by Crippen LogP contribution is 2.56. The third-order valence-electron chi connectivity index (χ3n) is 9.48. The summed E-state index contributed by atoms with van der Waals surface area (Å²) in [6.07, 6.45) is 9.35. The molecular formula is C28H31N7O4. The molecule has 202 valence electrons. The van der Waals surface area contributed by atoms with E-state index < -0.39 is 5.60 Å². The molecule has 3 aromatic heterocycles. The molecular weight excluding hydrogens is 498 g/mol. The molecule has 4 aliphatic carbocycles. The van der Waals surface area contributed by atoms with Crippen LogP contribution in [0.1, 0.15) is 62.0 Å². The van der Waals surface area contributed by atoms with Crippen LogP contribution in [0.5, 0.6) is 0 Å². The maximum atomic E-state index is 13.2. The number of hydrogen-bond acceptors (Lipinski definition) is 9. The summed E-state index contributed by atoms with van der Waals surface area (Å²) in [7, 11) is 0. The van der Waals surface area contributed by atoms with Gasteiger partial charge in [0.15, 0.2) is 0 Å². The number of likely N-dealkylation sites (tertiary alicyclic amines) is 1. The molecule has 5 fully saturated rings. The highest BCUT2D eigenvalue weighted by atomic mass is 16.5. The number of rotatable bonds is 6. The van der Waals surface area contributed by atoms with E-state index in [-0.39, 0.29) is 41.8 Å². The number of piperidine rings is 1. The molecule has 3 aromatic rings. The zero-order chi connectivity index (χ0) is 26.7. The summed E-state index contributed by atoms with van der Waals surface area (Å²) in [5.74, 6) is 1.02. The number of amides is 1. The van der Waals surface area contributed by atoms with E-state index in [1.807, 2.05) is 18.3 Å². The van der Waals surface area contributed by atoms with Gasteiger partial charge >= 0.3 is 0 Å². The van der Waals surface area contributed by atoms with Crippen LogP contribution in [-0.4, -0.2) is 66.5 Å². The highest BCUT2D eigenvalue weighted by Gasteiger charge is 2.54. The molecule has 5 aliphatic rings. The van der Waals surface area contributed by atoms with E-state index >= 15 is 0 Å². The van der Waals surface area contributed by atoms with Gasteiger partial charge in [0.05, 0.1) is 29.3 Å². The van der Waals surface area contributed by atoms with Gasteiger partial charge in [-0.05, 0) is 68.8 Å². The number of nitrogens with one attached hydrogen (secondary N) is 2. The first-order valence-electron chi connectivity index (χ1n) is 13.9. The fourth-order valence-corrected chi connectivity index (χ4v) is 7.90. The minimum Gasteiger partial charge on any atom is -0.390 e. The second-order valence-electron chi connectivity index (χ2n) is 11.9. The van der Waals surface area contributed by atoms with Crippen molar-refractivity contribution in [2.45, 2.75) is 63.0 Å². The molecule has 1 aliphatic heterocycles. The number of carbonyl (C=O) groups is 2. The molecule has 0 aromatic carbocycles. The van der Waals surface area contributed by atoms with E-state index in [0.717, 1.165) is 48.8 Å². The average molecular weight is 530 g/mol. The number of pyridine rings is 1. The molecule has 4 heterocycles. The monoisotopic (exact) mass is 529 g/mol. The molecule has 2 atom stereocenters. The van der Waals surface area contributed by atoms with E-state index in [4.69, 9.17) is 9.78 Å². The maximum Gasteiger partial charge on any atom is 0.295 e. The van der Waals surface area contributed by atoms with Gasteiger partial charge in [-0.25, -0.2) is 4.98 Å². The normalized spacial score (nSPS) is 30.0. The number of nitriles is 1. The maximum absolute atomic E-state index is 13.2. The molecule has 4 bridgehead atoms. The lowest BCUT2D eigenvalue weighted by Gasteiger charge is -2.58. The fraction of sp³-hybridized carbons (Fsp3) is 0.571. The van der Waals surface area contributed by atoms with Gasteiger partial charge in [-0.3, -0.25) is 9.59 Å². The molecule has 1 amide bonds. The number of aromatic amines is 1. The Morgan fingerprint density at radius 2 is 2.00 bits per heavy atom. The first kappa shape index (κ1) is 24.3. The lowest BCUT2D eigenvalue weighted by molar-refractivity contribution is -0.129. The van der Waals surface area contributed by atoms with Crippen LogP contribution in [0.3, 0.4) is 0 Å². The summed E-state index contributed by atoms with van der Waals surface area (Å²) in [6, 6.07) is 4.12. The van der Waals surface area contributed by atoms with Crippen molar-refractivity contribution in [2.75, 3.05) is 18.4 Å². The second-order valence-corrected chi connectivity index (χ2v) is 11.9. The molecule has 39 heavy (non-hydrogen) atoms. The van der Waals surface area contributed by atoms with Crippen molar-refractivity contribution in [3.05, 3.63) is 24.3 Å². The predicted octanol–water partition coefficient (Wildman–Crippen LogP) is 3.30. The van der Waals surface area contributed by atoms with Gasteiger partial charge in [-0.15, -0.1) is 0 Å². The van der Waals surface area contributed by atoms with Gasteiger partial charge < -0.3 is 24.8 Å². The largest absolute Gasteiger partial charge is 0.390 e. The molecule has 4 saturated carbocycles. The summed E-state index contributed by atoms with van der Waals surface area (Å²) in [6.45, 7) is 0.817. The van der Waals surface area contributed by atoms with E-state index in [2.05, 4.69) is 25.4 Å². The minimum atomic E-state index is -0.515. The van der Waals surface area contributed by atoms with Gasteiger partial charge in [0, 0.05) is 42.8 Å². The van der Waals surface area contributed by atoms with Gasteiger partial charge in [0.2, 0.25) is 0 Å². The minimum absolute atomic E-state index is 0.0243. The molecule has 0 radical (unpaired) electrons. The molecule has 3 N–H and O–H groups in total. The van der Waals surface area contributed by atoms with Crippen molar-refractivity contribution in [3.8, 4) is 17.5 Å². The van der Waals surface area contributed by atoms with Crippen LogP contribution in [0.15, 0.2) is 23.0 Å². The number of nitrogens with zero attached hydrogens (tertiary/aromatic N) is 5. The zero-order valence-electron chi connectivity index (χ0n) is 21.6. The smallest absolute Gasteiger partial charge is 0.295 e. The summed E-state index contributed by atoms with van der Waals surface area (Å²) in [5.41, 5.74) is 1.72. The Morgan fingerprint density at radius 1 is 1.23 bits per heavy atom. The number of ketones is 1. The molecule has 8 rings (SSSR count). The Bertz CT molecular complexity index is 1460. The predicted molar refractivity (Wildman–Crippen MR) is 139 cm³/mol. The Balaban J connectivity index is 1.13. The van der Waals surface area contributed by atoms with Crippen LogP contribution in [0.2, 0.25) is 0 Å². The third kappa shape index (κ3) is 4.18. The van der Waals surface area contributed by atoms with Crippen LogP contribution in [0.4, 0.5) is 5.69 Å². The Labute approximate surface area is 225 Å². The van der Waals surface area contributed by atoms with Crippen molar-refractivity contribution in [1.82, 2.24) is 25.0 Å². The van der Waals surface area contributed by atoms with E-state index in [1.54, 1.807) is 11.1 Å². The molecule has 2 unspecified atom stereocenters. The Morgan fingerprint density at radius 3 is 2.72 bits per heavy atom. The number of carbonyl (C=O) groups excluding carboxylic acids is 2. The standard InChI is InChI=1S/C28H31N7O4/c29-5-1-21(36)16-3-7-35(8-4-16)27(37)25-33-26(39-34-25)20-14-31-24-19(2-6-30-24)23(20)32-22-17-9-15-10-18(22)13-28(38,11-15)12-17/h2,6,14-18,22,38H,1,3-4,7-13H2,(H2,30,31,32). The van der Waals surface area contributed by atoms with Crippen LogP contribution in [-0.2, 0) is 4.79 Å². The molecule has 11 heteroatoms. The summed E-state index contributed by atoms with van der Waals surface area (Å²) >= 11 is 0. The Kier molecular flexibility index (Phi) is 5.70. The van der Waals surface area contributed by atoms with Crippen molar-refractivity contribution in [2.24, 2.45) is 23.7 Å². The van der Waals surface area contributed by atoms with Crippen LogP contribution >= 0.6 is 0 Å². The Hall–Kier alpha value is -3.78. The van der Waals surface area contributed by atoms with Gasteiger partial charge in [-0.1, -0.05) is 5.16 Å². The fourth-order valence-electron chi connectivity index (χ4n) is 7.90. The number of Topliss-reactive ketones (excluding diaryl/α,β-unsaturated/α-hetero) is 1. The van der Waals surface area contributed by atoms with Crippen molar-refractivity contribution in [1.29, 1.82) is 5.26 Å². The lowest BCUT2D eigenvalue weighted by atomic mass is 9.52. The van der Waals surface area contributed by atoms with E-state index in [0.29, 0.717) is 49.2 Å². The number of aromatic nitrogens is 4. The molecule has 11 nitrogen and oxygen atoms in total. The SMILES string of the molecule is N#CCC(=O)C1CCN(C(=O)c2noc(-c3cnc4[nH]ccc4c3NC3C4CC5CC3CC(O)(C5)C4)n2)CC1. The second kappa shape index (κ2) is 9.16. The molecule has 1 saturated heterocycles. The zero-order valence-corrected chi connectivity index (χ0v) is 21.6. The topological polar surface area (TPSA) is 161 Å². The van der Waals surface area contributed by atoms with Gasteiger partial charge in [0.1, 0.15) is 11.4 Å². The number of hydrogen-bond donors (Lipinski definition) is 3.